The first kappa shape index (κ1) is 14.3. The normalized spacial score (nSPS) is 11.9. The molecule has 0 heterocycles. The summed E-state index contributed by atoms with van der Waals surface area (Å²) in [5.74, 6) is -0.0390. The first-order chi connectivity index (χ1) is 9.61. The first-order valence-electron chi connectivity index (χ1n) is 6.64. The molecule has 0 spiro atoms. The number of benzene rings is 2. The Bertz CT molecular complexity index is 593. The van der Waals surface area contributed by atoms with Gasteiger partial charge >= 0.3 is 0 Å². The van der Waals surface area contributed by atoms with E-state index in [1.165, 1.54) is 6.07 Å². The van der Waals surface area contributed by atoms with E-state index >= 15 is 0 Å². The van der Waals surface area contributed by atoms with Crippen molar-refractivity contribution >= 4 is 5.78 Å². The van der Waals surface area contributed by atoms with Gasteiger partial charge in [-0.05, 0) is 25.0 Å². The first-order valence-corrected chi connectivity index (χ1v) is 6.64. The fourth-order valence-corrected chi connectivity index (χ4v) is 1.92. The Hall–Kier alpha value is -2.16. The van der Waals surface area contributed by atoms with Crippen LogP contribution in [0.3, 0.4) is 0 Å². The van der Waals surface area contributed by atoms with Crippen molar-refractivity contribution in [3.63, 3.8) is 0 Å². The summed E-state index contributed by atoms with van der Waals surface area (Å²) < 4.78 is 19.1. The van der Waals surface area contributed by atoms with Crippen molar-refractivity contribution in [1.82, 2.24) is 0 Å². The van der Waals surface area contributed by atoms with E-state index in [2.05, 4.69) is 0 Å². The summed E-state index contributed by atoms with van der Waals surface area (Å²) in [5, 5.41) is 0. The quantitative estimate of drug-likeness (QED) is 0.763. The Balaban J connectivity index is 2.16. The van der Waals surface area contributed by atoms with Gasteiger partial charge in [-0.1, -0.05) is 43.3 Å². The Kier molecular flexibility index (Phi) is 4.51. The van der Waals surface area contributed by atoms with Crippen LogP contribution in [-0.4, -0.2) is 11.9 Å². The maximum atomic E-state index is 13.5. The van der Waals surface area contributed by atoms with Gasteiger partial charge in [0.15, 0.2) is 6.10 Å². The van der Waals surface area contributed by atoms with E-state index < -0.39 is 6.10 Å². The number of halogens is 1. The molecule has 0 radical (unpaired) electrons. The molecule has 0 aliphatic heterocycles. The molecule has 0 aliphatic rings. The number of ether oxygens (including phenoxy) is 1. The van der Waals surface area contributed by atoms with Gasteiger partial charge in [0.1, 0.15) is 11.6 Å². The van der Waals surface area contributed by atoms with Crippen molar-refractivity contribution in [3.05, 3.63) is 65.5 Å². The fourth-order valence-electron chi connectivity index (χ4n) is 1.92. The van der Waals surface area contributed by atoms with Crippen LogP contribution in [0.5, 0.6) is 5.75 Å². The lowest BCUT2D eigenvalue weighted by molar-refractivity contribution is 0.0786. The topological polar surface area (TPSA) is 26.3 Å². The van der Waals surface area contributed by atoms with Crippen molar-refractivity contribution in [2.75, 3.05) is 0 Å². The Morgan fingerprint density at radius 3 is 2.50 bits per heavy atom. The van der Waals surface area contributed by atoms with Crippen LogP contribution in [0.1, 0.15) is 29.3 Å². The summed E-state index contributed by atoms with van der Waals surface area (Å²) in [4.78, 5) is 12.3. The zero-order valence-corrected chi connectivity index (χ0v) is 11.6. The van der Waals surface area contributed by atoms with Crippen molar-refractivity contribution < 1.29 is 13.9 Å². The number of rotatable bonds is 5. The molecule has 0 aromatic heterocycles. The summed E-state index contributed by atoms with van der Waals surface area (Å²) in [6, 6.07) is 13.6. The highest BCUT2D eigenvalue weighted by Gasteiger charge is 2.20. The van der Waals surface area contributed by atoms with Crippen molar-refractivity contribution in [2.45, 2.75) is 26.4 Å². The Morgan fingerprint density at radius 1 is 1.20 bits per heavy atom. The molecule has 0 saturated carbocycles. The molecule has 0 bridgehead atoms. The third kappa shape index (κ3) is 3.23. The molecule has 3 heteroatoms. The fraction of sp³-hybridized carbons (Fsp3) is 0.235. The molecule has 2 aromatic carbocycles. The largest absolute Gasteiger partial charge is 0.482 e. The van der Waals surface area contributed by atoms with E-state index in [4.69, 9.17) is 4.74 Å². The van der Waals surface area contributed by atoms with Crippen molar-refractivity contribution in [1.29, 1.82) is 0 Å². The lowest BCUT2D eigenvalue weighted by Gasteiger charge is -2.16. The average molecular weight is 272 g/mol. The molecular weight excluding hydrogens is 255 g/mol. The lowest BCUT2D eigenvalue weighted by atomic mass is 10.0. The highest BCUT2D eigenvalue weighted by atomic mass is 19.1. The summed E-state index contributed by atoms with van der Waals surface area (Å²) in [5.41, 5.74) is 1.16. The molecule has 0 fully saturated rings. The smallest absolute Gasteiger partial charge is 0.203 e. The predicted octanol–water partition coefficient (Wildman–Crippen LogP) is 4.17. The van der Waals surface area contributed by atoms with Gasteiger partial charge < -0.3 is 4.74 Å². The lowest BCUT2D eigenvalue weighted by Crippen LogP contribution is -2.26. The number of hydrogen-bond acceptors (Lipinski definition) is 2. The van der Waals surface area contributed by atoms with Gasteiger partial charge in [-0.25, -0.2) is 4.39 Å². The molecule has 2 rings (SSSR count). The maximum Gasteiger partial charge on any atom is 0.203 e. The minimum Gasteiger partial charge on any atom is -0.482 e. The highest BCUT2D eigenvalue weighted by molar-refractivity contribution is 5.99. The molecule has 1 atom stereocenters. The standard InChI is InChI=1S/C17H17FO2/c1-3-16(17(19)13-7-5-4-6-8-13)20-14-10-9-12(2)15(18)11-14/h4-11,16H,3H2,1-2H3. The van der Waals surface area contributed by atoms with E-state index in [9.17, 15) is 9.18 Å². The van der Waals surface area contributed by atoms with Gasteiger partial charge in [-0.2, -0.15) is 0 Å². The van der Waals surface area contributed by atoms with E-state index in [0.717, 1.165) is 0 Å². The highest BCUT2D eigenvalue weighted by Crippen LogP contribution is 2.19. The van der Waals surface area contributed by atoms with Crippen LogP contribution >= 0.6 is 0 Å². The minimum atomic E-state index is -0.598. The van der Waals surface area contributed by atoms with Crippen molar-refractivity contribution in [3.8, 4) is 5.75 Å². The van der Waals surface area contributed by atoms with E-state index in [1.807, 2.05) is 25.1 Å². The Labute approximate surface area is 118 Å². The van der Waals surface area contributed by atoms with Gasteiger partial charge in [0.25, 0.3) is 0 Å². The zero-order valence-electron chi connectivity index (χ0n) is 11.6. The van der Waals surface area contributed by atoms with Crippen LogP contribution in [0, 0.1) is 12.7 Å². The molecule has 2 nitrogen and oxygen atoms in total. The molecule has 104 valence electrons. The van der Waals surface area contributed by atoms with Crippen LogP contribution in [0.25, 0.3) is 0 Å². The van der Waals surface area contributed by atoms with Gasteiger partial charge in [-0.15, -0.1) is 0 Å². The number of Topliss-reactive ketones (excluding diaryl/α,β-unsaturated/α-hetero) is 1. The molecule has 0 saturated heterocycles. The zero-order chi connectivity index (χ0) is 14.5. The minimum absolute atomic E-state index is 0.0888. The van der Waals surface area contributed by atoms with Gasteiger partial charge in [0.2, 0.25) is 5.78 Å². The number of ketones is 1. The maximum absolute atomic E-state index is 13.5. The van der Waals surface area contributed by atoms with E-state index in [0.29, 0.717) is 23.3 Å². The molecule has 2 aromatic rings. The molecule has 0 N–H and O–H groups in total. The van der Waals surface area contributed by atoms with E-state index in [1.54, 1.807) is 31.2 Å². The molecule has 20 heavy (non-hydrogen) atoms. The van der Waals surface area contributed by atoms with Crippen LogP contribution < -0.4 is 4.74 Å². The molecule has 0 aliphatic carbocycles. The van der Waals surface area contributed by atoms with Crippen molar-refractivity contribution in [2.24, 2.45) is 0 Å². The second kappa shape index (κ2) is 6.33. The van der Waals surface area contributed by atoms with Crippen LogP contribution in [0.4, 0.5) is 4.39 Å². The monoisotopic (exact) mass is 272 g/mol. The molecule has 1 unspecified atom stereocenters. The predicted molar refractivity (Wildman–Crippen MR) is 76.6 cm³/mol. The summed E-state index contributed by atoms with van der Waals surface area (Å²) in [7, 11) is 0. The van der Waals surface area contributed by atoms with Gasteiger partial charge in [-0.3, -0.25) is 4.79 Å². The average Bonchev–Trinajstić information content (AvgIpc) is 2.48. The second-order valence-electron chi connectivity index (χ2n) is 4.66. The number of carbonyl (C=O) groups excluding carboxylic acids is 1. The summed E-state index contributed by atoms with van der Waals surface area (Å²) in [6.45, 7) is 3.56. The molecule has 0 amide bonds. The van der Waals surface area contributed by atoms with Gasteiger partial charge in [0.05, 0.1) is 0 Å². The third-order valence-corrected chi connectivity index (χ3v) is 3.14. The van der Waals surface area contributed by atoms with E-state index in [-0.39, 0.29) is 11.6 Å². The number of hydrogen-bond donors (Lipinski definition) is 0. The summed E-state index contributed by atoms with van der Waals surface area (Å²) in [6.07, 6.45) is -0.0667. The number of aryl methyl sites for hydroxylation is 1. The SMILES string of the molecule is CCC(Oc1ccc(C)c(F)c1)C(=O)c1ccccc1. The van der Waals surface area contributed by atoms with Crippen LogP contribution in [0.15, 0.2) is 48.5 Å². The van der Waals surface area contributed by atoms with Gasteiger partial charge in [0, 0.05) is 11.6 Å². The summed E-state index contributed by atoms with van der Waals surface area (Å²) >= 11 is 0. The van der Waals surface area contributed by atoms with Crippen LogP contribution in [0.2, 0.25) is 0 Å². The molecular formula is C17H17FO2. The Morgan fingerprint density at radius 2 is 1.90 bits per heavy atom. The second-order valence-corrected chi connectivity index (χ2v) is 4.66. The number of carbonyl (C=O) groups is 1. The third-order valence-electron chi connectivity index (χ3n) is 3.14. The van der Waals surface area contributed by atoms with Crippen LogP contribution in [-0.2, 0) is 0 Å².